The monoisotopic (exact) mass is 256 g/mol. The second kappa shape index (κ2) is 4.52. The molecular formula is C17H20O2. The van der Waals surface area contributed by atoms with Gasteiger partial charge in [0.05, 0.1) is 0 Å². The normalized spacial score (nSPS) is 25.8. The molecule has 1 aliphatic heterocycles. The van der Waals surface area contributed by atoms with Gasteiger partial charge in [-0.05, 0) is 68.4 Å². The van der Waals surface area contributed by atoms with Crippen LogP contribution in [0, 0.1) is 13.8 Å². The molecule has 0 spiro atoms. The Labute approximate surface area is 114 Å². The van der Waals surface area contributed by atoms with Crippen molar-refractivity contribution in [2.24, 2.45) is 0 Å². The Hall–Kier alpha value is -1.57. The molecule has 2 aliphatic rings. The first-order valence-corrected chi connectivity index (χ1v) is 7.05. The molecule has 1 aromatic rings. The van der Waals surface area contributed by atoms with Gasteiger partial charge in [-0.15, -0.1) is 0 Å². The smallest absolute Gasteiger partial charge is 0.334 e. The van der Waals surface area contributed by atoms with Crippen molar-refractivity contribution in [2.45, 2.75) is 52.1 Å². The number of hydrogen-bond donors (Lipinski definition) is 0. The van der Waals surface area contributed by atoms with Gasteiger partial charge >= 0.3 is 5.97 Å². The highest BCUT2D eigenvalue weighted by molar-refractivity contribution is 5.90. The van der Waals surface area contributed by atoms with Crippen LogP contribution in [0.5, 0.6) is 0 Å². The maximum Gasteiger partial charge on any atom is 0.334 e. The highest BCUT2D eigenvalue weighted by atomic mass is 16.5. The van der Waals surface area contributed by atoms with E-state index < -0.39 is 0 Å². The molecule has 19 heavy (non-hydrogen) atoms. The third kappa shape index (κ3) is 2.09. The lowest BCUT2D eigenvalue weighted by molar-refractivity contribution is -0.140. The van der Waals surface area contributed by atoms with Crippen LogP contribution >= 0.6 is 0 Å². The van der Waals surface area contributed by atoms with Crippen molar-refractivity contribution in [2.75, 3.05) is 0 Å². The number of aryl methyl sites for hydroxylation is 3. The van der Waals surface area contributed by atoms with Crippen LogP contribution in [0.25, 0.3) is 0 Å². The molecule has 2 atom stereocenters. The Kier molecular flexibility index (Phi) is 2.96. The van der Waals surface area contributed by atoms with Gasteiger partial charge in [0.2, 0.25) is 0 Å². The van der Waals surface area contributed by atoms with Gasteiger partial charge in [-0.3, -0.25) is 0 Å². The van der Waals surface area contributed by atoms with Crippen LogP contribution in [-0.4, -0.2) is 12.1 Å². The van der Waals surface area contributed by atoms with E-state index in [0.717, 1.165) is 18.4 Å². The number of carbonyl (C=O) groups is 1. The molecule has 0 radical (unpaired) electrons. The summed E-state index contributed by atoms with van der Waals surface area (Å²) in [4.78, 5) is 11.6. The molecule has 0 bridgehead atoms. The molecule has 0 amide bonds. The van der Waals surface area contributed by atoms with Crippen LogP contribution in [0.3, 0.4) is 0 Å². The maximum absolute atomic E-state index is 11.6. The van der Waals surface area contributed by atoms with Gasteiger partial charge in [0, 0.05) is 11.5 Å². The van der Waals surface area contributed by atoms with E-state index in [1.807, 2.05) is 13.0 Å². The first-order valence-electron chi connectivity index (χ1n) is 7.05. The van der Waals surface area contributed by atoms with Gasteiger partial charge in [0.1, 0.15) is 6.10 Å². The molecule has 1 aromatic carbocycles. The largest absolute Gasteiger partial charge is 0.454 e. The molecule has 0 fully saturated rings. The minimum Gasteiger partial charge on any atom is -0.454 e. The topological polar surface area (TPSA) is 26.3 Å². The van der Waals surface area contributed by atoms with Crippen molar-refractivity contribution in [3.8, 4) is 0 Å². The molecule has 1 heterocycles. The summed E-state index contributed by atoms with van der Waals surface area (Å²) >= 11 is 0. The summed E-state index contributed by atoms with van der Waals surface area (Å²) in [6, 6.07) is 4.61. The minimum atomic E-state index is -0.152. The summed E-state index contributed by atoms with van der Waals surface area (Å²) in [5, 5.41) is 0. The molecule has 0 unspecified atom stereocenters. The fraction of sp³-hybridized carbons (Fsp3) is 0.471. The fourth-order valence-electron chi connectivity index (χ4n) is 3.23. The molecule has 2 heteroatoms. The average molecular weight is 256 g/mol. The van der Waals surface area contributed by atoms with Crippen molar-refractivity contribution in [3.63, 3.8) is 0 Å². The molecule has 0 saturated carbocycles. The van der Waals surface area contributed by atoms with Gasteiger partial charge < -0.3 is 4.74 Å². The van der Waals surface area contributed by atoms with Crippen LogP contribution in [-0.2, 0) is 16.0 Å². The van der Waals surface area contributed by atoms with Crippen molar-refractivity contribution in [3.05, 3.63) is 46.0 Å². The highest BCUT2D eigenvalue weighted by Gasteiger charge is 2.33. The average Bonchev–Trinajstić information content (AvgIpc) is 2.70. The van der Waals surface area contributed by atoms with Gasteiger partial charge in [0.15, 0.2) is 0 Å². The first-order chi connectivity index (χ1) is 9.06. The second-order valence-electron chi connectivity index (χ2n) is 5.85. The molecule has 0 aromatic heterocycles. The van der Waals surface area contributed by atoms with Crippen molar-refractivity contribution >= 4 is 5.97 Å². The molecule has 100 valence electrons. The van der Waals surface area contributed by atoms with Crippen LogP contribution < -0.4 is 0 Å². The Bertz CT molecular complexity index is 569. The second-order valence-corrected chi connectivity index (χ2v) is 5.85. The number of rotatable bonds is 1. The zero-order valence-corrected chi connectivity index (χ0v) is 11.8. The lowest BCUT2D eigenvalue weighted by atomic mass is 9.78. The van der Waals surface area contributed by atoms with Gasteiger partial charge in [-0.2, -0.15) is 0 Å². The van der Waals surface area contributed by atoms with Crippen molar-refractivity contribution in [1.82, 2.24) is 0 Å². The van der Waals surface area contributed by atoms with Gasteiger partial charge in [-0.25, -0.2) is 4.79 Å². The summed E-state index contributed by atoms with van der Waals surface area (Å²) in [5.41, 5.74) is 6.26. The van der Waals surface area contributed by atoms with E-state index in [4.69, 9.17) is 4.74 Å². The Morgan fingerprint density at radius 2 is 1.89 bits per heavy atom. The number of esters is 1. The Morgan fingerprint density at radius 3 is 2.58 bits per heavy atom. The first kappa shape index (κ1) is 12.5. The Morgan fingerprint density at radius 1 is 1.16 bits per heavy atom. The van der Waals surface area contributed by atoms with E-state index in [2.05, 4.69) is 26.0 Å². The van der Waals surface area contributed by atoms with Gasteiger partial charge in [-0.1, -0.05) is 12.1 Å². The summed E-state index contributed by atoms with van der Waals surface area (Å²) < 4.78 is 5.51. The third-order valence-electron chi connectivity index (χ3n) is 4.49. The number of fused-ring (bicyclic) bond motifs is 1. The number of cyclic esters (lactones) is 1. The van der Waals surface area contributed by atoms with E-state index in [0.29, 0.717) is 5.92 Å². The molecule has 2 nitrogen and oxygen atoms in total. The lowest BCUT2D eigenvalue weighted by Gasteiger charge is -2.29. The summed E-state index contributed by atoms with van der Waals surface area (Å²) in [6.45, 7) is 6.16. The molecule has 0 N–H and O–H groups in total. The van der Waals surface area contributed by atoms with E-state index in [9.17, 15) is 4.79 Å². The summed E-state index contributed by atoms with van der Waals surface area (Å²) in [7, 11) is 0. The van der Waals surface area contributed by atoms with Crippen molar-refractivity contribution < 1.29 is 9.53 Å². The van der Waals surface area contributed by atoms with E-state index in [1.165, 1.54) is 28.7 Å². The van der Waals surface area contributed by atoms with Gasteiger partial charge in [0.25, 0.3) is 0 Å². The number of hydrogen-bond acceptors (Lipinski definition) is 2. The third-order valence-corrected chi connectivity index (χ3v) is 4.49. The molecule has 3 rings (SSSR count). The number of benzene rings is 1. The Balaban J connectivity index is 1.99. The van der Waals surface area contributed by atoms with Crippen LogP contribution in [0.4, 0.5) is 0 Å². The van der Waals surface area contributed by atoms with E-state index >= 15 is 0 Å². The predicted octanol–water partition coefficient (Wildman–Crippen LogP) is 3.60. The SMILES string of the molecule is CC1=C[C@H]([C@@H]2CCCc3cc(C)c(C)cc32)OC1=O. The quantitative estimate of drug-likeness (QED) is 0.718. The molecule has 1 aliphatic carbocycles. The summed E-state index contributed by atoms with van der Waals surface area (Å²) in [6.07, 6.45) is 5.38. The zero-order valence-electron chi connectivity index (χ0n) is 11.8. The number of carbonyl (C=O) groups excluding carboxylic acids is 1. The molecule has 0 saturated heterocycles. The maximum atomic E-state index is 11.6. The van der Waals surface area contributed by atoms with E-state index in [-0.39, 0.29) is 12.1 Å². The molecular weight excluding hydrogens is 236 g/mol. The number of ether oxygens (including phenoxy) is 1. The van der Waals surface area contributed by atoms with Crippen LogP contribution in [0.15, 0.2) is 23.8 Å². The standard InChI is InChI=1S/C17H20O2/c1-10-7-13-5-4-6-14(15(13)8-11(10)2)16-9-12(3)17(18)19-16/h7-9,14,16H,4-6H2,1-3H3/t14-,16-/m1/s1. The van der Waals surface area contributed by atoms with Crippen LogP contribution in [0.2, 0.25) is 0 Å². The zero-order chi connectivity index (χ0) is 13.6. The highest BCUT2D eigenvalue weighted by Crippen LogP contribution is 2.39. The van der Waals surface area contributed by atoms with Crippen LogP contribution in [0.1, 0.15) is 47.9 Å². The van der Waals surface area contributed by atoms with E-state index in [1.54, 1.807) is 0 Å². The fourth-order valence-corrected chi connectivity index (χ4v) is 3.23. The van der Waals surface area contributed by atoms with Crippen molar-refractivity contribution in [1.29, 1.82) is 0 Å². The lowest BCUT2D eigenvalue weighted by Crippen LogP contribution is -2.23. The minimum absolute atomic E-state index is 0.0614. The summed E-state index contributed by atoms with van der Waals surface area (Å²) in [5.74, 6) is 0.186. The predicted molar refractivity (Wildman–Crippen MR) is 75.2 cm³/mol.